The van der Waals surface area contributed by atoms with E-state index in [0.717, 1.165) is 33.8 Å². The minimum absolute atomic E-state index is 0.0661. The van der Waals surface area contributed by atoms with Gasteiger partial charge in [0.25, 0.3) is 10.0 Å². The number of sulfonamides is 1. The predicted molar refractivity (Wildman–Crippen MR) is 179 cm³/mol. The summed E-state index contributed by atoms with van der Waals surface area (Å²) in [6, 6.07) is 31.3. The largest absolute Gasteiger partial charge is 0.354 e. The quantitative estimate of drug-likeness (QED) is 0.154. The molecule has 0 aliphatic rings. The summed E-state index contributed by atoms with van der Waals surface area (Å²) in [6.45, 7) is 4.14. The fraction of sp³-hybridized carbons (Fsp3) is 0.257. The summed E-state index contributed by atoms with van der Waals surface area (Å²) in [7, 11) is -4.14. The molecule has 4 aromatic rings. The molecule has 44 heavy (non-hydrogen) atoms. The smallest absolute Gasteiger partial charge is 0.264 e. The number of anilines is 1. The molecule has 0 aromatic heterocycles. The van der Waals surface area contributed by atoms with Gasteiger partial charge in [0.05, 0.1) is 10.6 Å². The molecule has 9 heteroatoms. The molecular weight excluding hydrogens is 638 g/mol. The van der Waals surface area contributed by atoms with Gasteiger partial charge in [0, 0.05) is 24.0 Å². The Hall–Kier alpha value is -3.95. The number of benzene rings is 4. The van der Waals surface area contributed by atoms with Crippen LogP contribution in [-0.2, 0) is 32.6 Å². The van der Waals surface area contributed by atoms with Gasteiger partial charge >= 0.3 is 0 Å². The van der Waals surface area contributed by atoms with Gasteiger partial charge in [-0.1, -0.05) is 108 Å². The second-order valence-electron chi connectivity index (χ2n) is 10.6. The van der Waals surface area contributed by atoms with Crippen molar-refractivity contribution in [3.05, 3.63) is 130 Å². The van der Waals surface area contributed by atoms with Gasteiger partial charge in [-0.2, -0.15) is 0 Å². The highest BCUT2D eigenvalue weighted by Crippen LogP contribution is 2.27. The molecule has 0 unspecified atom stereocenters. The molecule has 230 valence electrons. The van der Waals surface area contributed by atoms with Crippen molar-refractivity contribution in [3.63, 3.8) is 0 Å². The lowest BCUT2D eigenvalue weighted by atomic mass is 10.0. The predicted octanol–water partition coefficient (Wildman–Crippen LogP) is 6.51. The van der Waals surface area contributed by atoms with Crippen LogP contribution in [0.3, 0.4) is 0 Å². The second-order valence-corrected chi connectivity index (χ2v) is 13.4. The van der Waals surface area contributed by atoms with Crippen molar-refractivity contribution >= 4 is 43.5 Å². The number of nitrogens with zero attached hydrogens (tertiary/aromatic N) is 2. The summed E-state index contributed by atoms with van der Waals surface area (Å²) in [4.78, 5) is 29.9. The Balaban J connectivity index is 1.79. The number of hydrogen-bond acceptors (Lipinski definition) is 4. The molecule has 4 aromatic carbocycles. The first kappa shape index (κ1) is 33.0. The summed E-state index contributed by atoms with van der Waals surface area (Å²) in [5.74, 6) is -0.761. The molecule has 0 aliphatic carbocycles. The Bertz CT molecular complexity index is 1650. The van der Waals surface area contributed by atoms with E-state index in [9.17, 15) is 18.0 Å². The molecule has 1 atom stereocenters. The zero-order valence-electron chi connectivity index (χ0n) is 25.0. The molecule has 0 radical (unpaired) electrons. The van der Waals surface area contributed by atoms with E-state index in [1.807, 2.05) is 68.4 Å². The summed E-state index contributed by atoms with van der Waals surface area (Å²) in [6.07, 6.45) is 1.99. The van der Waals surface area contributed by atoms with Crippen molar-refractivity contribution in [2.45, 2.75) is 50.6 Å². The van der Waals surface area contributed by atoms with Crippen LogP contribution in [0.4, 0.5) is 5.69 Å². The number of nitrogens with one attached hydrogen (secondary N) is 1. The molecule has 4 rings (SSSR count). The molecular formula is C35H38BrN3O4S. The molecule has 0 fully saturated rings. The Labute approximate surface area is 269 Å². The van der Waals surface area contributed by atoms with Crippen molar-refractivity contribution in [1.29, 1.82) is 0 Å². The van der Waals surface area contributed by atoms with Crippen LogP contribution in [-0.4, -0.2) is 44.3 Å². The van der Waals surface area contributed by atoms with Gasteiger partial charge in [0.15, 0.2) is 0 Å². The average molecular weight is 677 g/mol. The summed E-state index contributed by atoms with van der Waals surface area (Å²) in [5, 5.41) is 3.02. The van der Waals surface area contributed by atoms with Crippen LogP contribution in [0.5, 0.6) is 0 Å². The summed E-state index contributed by atoms with van der Waals surface area (Å²) < 4.78 is 29.9. The molecule has 0 bridgehead atoms. The highest BCUT2D eigenvalue weighted by Gasteiger charge is 2.34. The van der Waals surface area contributed by atoms with Crippen LogP contribution >= 0.6 is 15.9 Å². The lowest BCUT2D eigenvalue weighted by Gasteiger charge is -2.34. The number of rotatable bonds is 14. The van der Waals surface area contributed by atoms with Crippen molar-refractivity contribution in [3.8, 4) is 0 Å². The minimum Gasteiger partial charge on any atom is -0.354 e. The average Bonchev–Trinajstić information content (AvgIpc) is 3.03. The van der Waals surface area contributed by atoms with Gasteiger partial charge in [-0.3, -0.25) is 13.9 Å². The lowest BCUT2D eigenvalue weighted by molar-refractivity contribution is -0.140. The van der Waals surface area contributed by atoms with E-state index in [1.165, 1.54) is 17.0 Å². The van der Waals surface area contributed by atoms with E-state index >= 15 is 0 Å². The molecule has 0 heterocycles. The second kappa shape index (κ2) is 15.7. The zero-order chi connectivity index (χ0) is 31.5. The van der Waals surface area contributed by atoms with Crippen LogP contribution in [0.2, 0.25) is 0 Å². The van der Waals surface area contributed by atoms with E-state index in [4.69, 9.17) is 0 Å². The highest BCUT2D eigenvalue weighted by atomic mass is 79.9. The number of halogens is 1. The number of carbonyl (C=O) groups is 2. The van der Waals surface area contributed by atoms with Crippen molar-refractivity contribution in [2.24, 2.45) is 0 Å². The third kappa shape index (κ3) is 8.57. The van der Waals surface area contributed by atoms with Crippen molar-refractivity contribution in [2.75, 3.05) is 17.4 Å². The first-order valence-corrected chi connectivity index (χ1v) is 16.9. The highest BCUT2D eigenvalue weighted by molar-refractivity contribution is 9.10. The number of aryl methyl sites for hydroxylation is 1. The first-order valence-electron chi connectivity index (χ1n) is 14.7. The van der Waals surface area contributed by atoms with Gasteiger partial charge in [0.1, 0.15) is 12.6 Å². The number of hydrogen-bond donors (Lipinski definition) is 1. The fourth-order valence-electron chi connectivity index (χ4n) is 4.91. The Morgan fingerprint density at radius 2 is 1.52 bits per heavy atom. The van der Waals surface area contributed by atoms with Gasteiger partial charge in [-0.15, -0.1) is 0 Å². The van der Waals surface area contributed by atoms with Crippen LogP contribution in [0.1, 0.15) is 36.5 Å². The fourth-order valence-corrected chi connectivity index (χ4v) is 6.73. The number of carbonyl (C=O) groups excluding carboxylic acids is 2. The van der Waals surface area contributed by atoms with E-state index < -0.39 is 28.5 Å². The van der Waals surface area contributed by atoms with E-state index in [-0.39, 0.29) is 23.8 Å². The third-order valence-corrected chi connectivity index (χ3v) is 9.69. The van der Waals surface area contributed by atoms with Gasteiger partial charge in [-0.05, 0) is 60.4 Å². The molecule has 0 saturated carbocycles. The minimum atomic E-state index is -4.14. The van der Waals surface area contributed by atoms with Crippen LogP contribution < -0.4 is 9.62 Å². The monoisotopic (exact) mass is 675 g/mol. The van der Waals surface area contributed by atoms with Crippen molar-refractivity contribution < 1.29 is 18.0 Å². The maximum Gasteiger partial charge on any atom is 0.264 e. The van der Waals surface area contributed by atoms with Crippen LogP contribution in [0.15, 0.2) is 119 Å². The molecule has 0 aliphatic heterocycles. The molecule has 0 spiro atoms. The molecule has 1 N–H and O–H groups in total. The first-order chi connectivity index (χ1) is 21.2. The molecule has 0 saturated heterocycles. The van der Waals surface area contributed by atoms with Gasteiger partial charge in [-0.25, -0.2) is 8.42 Å². The van der Waals surface area contributed by atoms with E-state index in [0.29, 0.717) is 16.7 Å². The standard InChI is InChI=1S/C35H38BrN3O4S/c1-3-4-22-37-35(41)33(23-28-15-7-5-8-16-28)38(25-29-17-12-11-14-27(29)2)34(40)26-39(31-19-13-18-30(36)24-31)44(42,43)32-20-9-6-10-21-32/h5-21,24,33H,3-4,22-23,25-26H2,1-2H3,(H,37,41)/t33-/m1/s1. The molecule has 7 nitrogen and oxygen atoms in total. The maximum atomic E-state index is 14.5. The summed E-state index contributed by atoms with van der Waals surface area (Å²) in [5.41, 5.74) is 3.07. The zero-order valence-corrected chi connectivity index (χ0v) is 27.4. The van der Waals surface area contributed by atoms with E-state index in [1.54, 1.807) is 42.5 Å². The SMILES string of the molecule is CCCCNC(=O)[C@@H](Cc1ccccc1)N(Cc1ccccc1C)C(=O)CN(c1cccc(Br)c1)S(=O)(=O)c1ccccc1. The van der Waals surface area contributed by atoms with Gasteiger partial charge in [0.2, 0.25) is 11.8 Å². The Morgan fingerprint density at radius 1 is 0.864 bits per heavy atom. The lowest BCUT2D eigenvalue weighted by Crippen LogP contribution is -2.53. The van der Waals surface area contributed by atoms with Crippen molar-refractivity contribution in [1.82, 2.24) is 10.2 Å². The number of unbranched alkanes of at least 4 members (excludes halogenated alkanes) is 1. The maximum absolute atomic E-state index is 14.5. The third-order valence-electron chi connectivity index (χ3n) is 7.41. The normalized spacial score (nSPS) is 11.9. The van der Waals surface area contributed by atoms with Crippen LogP contribution in [0, 0.1) is 6.92 Å². The Morgan fingerprint density at radius 3 is 2.18 bits per heavy atom. The number of amides is 2. The summed E-state index contributed by atoms with van der Waals surface area (Å²) >= 11 is 3.44. The topological polar surface area (TPSA) is 86.8 Å². The van der Waals surface area contributed by atoms with E-state index in [2.05, 4.69) is 21.2 Å². The van der Waals surface area contributed by atoms with Gasteiger partial charge < -0.3 is 10.2 Å². The molecule has 2 amide bonds. The van der Waals surface area contributed by atoms with Crippen LogP contribution in [0.25, 0.3) is 0 Å². The Kier molecular flexibility index (Phi) is 11.7.